The summed E-state index contributed by atoms with van der Waals surface area (Å²) in [6.07, 6.45) is 1.66. The molecule has 0 aliphatic heterocycles. The summed E-state index contributed by atoms with van der Waals surface area (Å²) in [5.41, 5.74) is 1.82. The number of thioether (sulfide) groups is 1. The van der Waals surface area contributed by atoms with Gasteiger partial charge in [-0.05, 0) is 77.9 Å². The average Bonchev–Trinajstić information content (AvgIpc) is 3.02. The lowest BCUT2D eigenvalue weighted by atomic mass is 10.0. The van der Waals surface area contributed by atoms with Crippen molar-refractivity contribution in [2.75, 3.05) is 10.6 Å². The minimum atomic E-state index is -0.559. The fourth-order valence-electron chi connectivity index (χ4n) is 4.40. The van der Waals surface area contributed by atoms with Crippen LogP contribution < -0.4 is 16.0 Å². The van der Waals surface area contributed by atoms with Crippen LogP contribution in [0.4, 0.5) is 15.8 Å². The Morgan fingerprint density at radius 3 is 2.34 bits per heavy atom. The third-order valence-electron chi connectivity index (χ3n) is 6.61. The lowest BCUT2D eigenvalue weighted by Gasteiger charge is -2.15. The lowest BCUT2D eigenvalue weighted by molar-refractivity contribution is -0.115. The summed E-state index contributed by atoms with van der Waals surface area (Å²) in [4.78, 5) is 40.2. The Bertz CT molecular complexity index is 1880. The van der Waals surface area contributed by atoms with E-state index < -0.39 is 22.9 Å². The molecule has 1 atom stereocenters. The number of carbonyl (C=O) groups excluding carboxylic acids is 3. The Hall–Kier alpha value is -4.73. The molecule has 0 bridgehead atoms. The van der Waals surface area contributed by atoms with Gasteiger partial charge in [0.1, 0.15) is 11.5 Å². The lowest BCUT2D eigenvalue weighted by Crippen LogP contribution is -2.30. The predicted molar refractivity (Wildman–Crippen MR) is 179 cm³/mol. The van der Waals surface area contributed by atoms with E-state index >= 15 is 0 Å². The van der Waals surface area contributed by atoms with Gasteiger partial charge in [0.25, 0.3) is 11.8 Å². The highest BCUT2D eigenvalue weighted by atomic mass is 79.9. The van der Waals surface area contributed by atoms with Gasteiger partial charge >= 0.3 is 0 Å². The maximum Gasteiger partial charge on any atom is 0.272 e. The van der Waals surface area contributed by atoms with Gasteiger partial charge in [-0.1, -0.05) is 82.7 Å². The molecule has 5 rings (SSSR count). The smallest absolute Gasteiger partial charge is 0.272 e. The number of carbonyl (C=O) groups is 3. The van der Waals surface area contributed by atoms with Gasteiger partial charge in [-0.2, -0.15) is 0 Å². The molecule has 1 unspecified atom stereocenters. The fourth-order valence-corrected chi connectivity index (χ4v) is 5.66. The first kappa shape index (κ1) is 30.7. The summed E-state index contributed by atoms with van der Waals surface area (Å²) < 4.78 is 14.8. The van der Waals surface area contributed by atoms with E-state index in [1.165, 1.54) is 23.9 Å². The summed E-state index contributed by atoms with van der Waals surface area (Å²) >= 11 is 4.47. The molecule has 44 heavy (non-hydrogen) atoms. The van der Waals surface area contributed by atoms with Crippen molar-refractivity contribution >= 4 is 73.6 Å². The van der Waals surface area contributed by atoms with E-state index in [0.29, 0.717) is 15.7 Å². The molecule has 5 aromatic carbocycles. The number of amides is 3. The Morgan fingerprint density at radius 1 is 0.818 bits per heavy atom. The van der Waals surface area contributed by atoms with Crippen molar-refractivity contribution < 1.29 is 18.8 Å². The molecule has 9 heteroatoms. The van der Waals surface area contributed by atoms with E-state index in [4.69, 9.17) is 0 Å². The first-order chi connectivity index (χ1) is 21.3. The second kappa shape index (κ2) is 14.2. The molecule has 0 saturated heterocycles. The standard InChI is InChI=1S/C35H27BrFN3O3S/c1-22(33(41)39-31-18-17-26(36)20-30(31)37)44-28-15-8-14-27(21-28)38-35(43)32(40-34(42)24-10-3-2-4-11-24)19-25-13-7-12-23-9-5-6-16-29(23)25/h2-22H,1H3,(H,38,43)(H,39,41)(H,40,42)/b32-19+. The highest BCUT2D eigenvalue weighted by Gasteiger charge is 2.18. The van der Waals surface area contributed by atoms with E-state index in [1.807, 2.05) is 54.6 Å². The van der Waals surface area contributed by atoms with Gasteiger partial charge in [-0.15, -0.1) is 11.8 Å². The number of benzene rings is 5. The molecule has 0 spiro atoms. The molecule has 0 aliphatic rings. The first-order valence-electron chi connectivity index (χ1n) is 13.7. The molecule has 3 N–H and O–H groups in total. The number of nitrogens with one attached hydrogen (secondary N) is 3. The minimum Gasteiger partial charge on any atom is -0.323 e. The van der Waals surface area contributed by atoms with E-state index in [-0.39, 0.29) is 17.3 Å². The number of anilines is 2. The zero-order valence-electron chi connectivity index (χ0n) is 23.5. The summed E-state index contributed by atoms with van der Waals surface area (Å²) in [7, 11) is 0. The maximum absolute atomic E-state index is 14.2. The molecular formula is C35H27BrFN3O3S. The third kappa shape index (κ3) is 7.80. The van der Waals surface area contributed by atoms with E-state index in [2.05, 4.69) is 31.9 Å². The van der Waals surface area contributed by atoms with Crippen LogP contribution in [-0.2, 0) is 9.59 Å². The van der Waals surface area contributed by atoms with Gasteiger partial charge in [-0.25, -0.2) is 4.39 Å². The van der Waals surface area contributed by atoms with Crippen LogP contribution >= 0.6 is 27.7 Å². The number of rotatable bonds is 9. The van der Waals surface area contributed by atoms with E-state index in [0.717, 1.165) is 21.2 Å². The summed E-state index contributed by atoms with van der Waals surface area (Å²) in [5.74, 6) is -1.84. The molecule has 220 valence electrons. The third-order valence-corrected chi connectivity index (χ3v) is 8.20. The van der Waals surface area contributed by atoms with Crippen LogP contribution in [-0.4, -0.2) is 23.0 Å². The molecule has 5 aromatic rings. The van der Waals surface area contributed by atoms with Crippen molar-refractivity contribution in [1.29, 1.82) is 0 Å². The quantitative estimate of drug-likeness (QED) is 0.109. The van der Waals surface area contributed by atoms with Crippen LogP contribution in [0.15, 0.2) is 130 Å². The zero-order chi connectivity index (χ0) is 31.1. The Morgan fingerprint density at radius 2 is 1.55 bits per heavy atom. The van der Waals surface area contributed by atoms with Crippen LogP contribution in [0.2, 0.25) is 0 Å². The second-order valence-electron chi connectivity index (χ2n) is 9.80. The van der Waals surface area contributed by atoms with Gasteiger partial charge in [-0.3, -0.25) is 14.4 Å². The van der Waals surface area contributed by atoms with Gasteiger partial charge in [0, 0.05) is 20.6 Å². The van der Waals surface area contributed by atoms with Crippen LogP contribution in [0.1, 0.15) is 22.8 Å². The molecule has 6 nitrogen and oxygen atoms in total. The number of hydrogen-bond acceptors (Lipinski definition) is 4. The predicted octanol–water partition coefficient (Wildman–Crippen LogP) is 8.27. The molecule has 0 aromatic heterocycles. The number of hydrogen-bond donors (Lipinski definition) is 3. The van der Waals surface area contributed by atoms with Crippen LogP contribution in [0.3, 0.4) is 0 Å². The van der Waals surface area contributed by atoms with Crippen molar-refractivity contribution in [1.82, 2.24) is 5.32 Å². The molecule has 0 aliphatic carbocycles. The summed E-state index contributed by atoms with van der Waals surface area (Å²) in [6, 6.07) is 33.7. The van der Waals surface area contributed by atoms with Gasteiger partial charge < -0.3 is 16.0 Å². The summed E-state index contributed by atoms with van der Waals surface area (Å²) in [6.45, 7) is 1.71. The minimum absolute atomic E-state index is 0.0672. The second-order valence-corrected chi connectivity index (χ2v) is 12.1. The largest absolute Gasteiger partial charge is 0.323 e. The van der Waals surface area contributed by atoms with Crippen molar-refractivity contribution in [3.05, 3.63) is 142 Å². The highest BCUT2D eigenvalue weighted by molar-refractivity contribution is 9.10. The highest BCUT2D eigenvalue weighted by Crippen LogP contribution is 2.28. The van der Waals surface area contributed by atoms with Crippen LogP contribution in [0.25, 0.3) is 16.8 Å². The Labute approximate surface area is 266 Å². The van der Waals surface area contributed by atoms with E-state index in [1.54, 1.807) is 61.5 Å². The van der Waals surface area contributed by atoms with E-state index in [9.17, 15) is 18.8 Å². The Kier molecular flexibility index (Phi) is 9.89. The molecular weight excluding hydrogens is 641 g/mol. The van der Waals surface area contributed by atoms with Gasteiger partial charge in [0.15, 0.2) is 0 Å². The number of fused-ring (bicyclic) bond motifs is 1. The number of halogens is 2. The van der Waals surface area contributed by atoms with Crippen molar-refractivity contribution in [3.8, 4) is 0 Å². The van der Waals surface area contributed by atoms with Crippen molar-refractivity contribution in [2.45, 2.75) is 17.1 Å². The maximum atomic E-state index is 14.2. The molecule has 0 radical (unpaired) electrons. The monoisotopic (exact) mass is 667 g/mol. The van der Waals surface area contributed by atoms with Crippen LogP contribution in [0, 0.1) is 5.82 Å². The molecule has 0 heterocycles. The fraction of sp³-hybridized carbons (Fsp3) is 0.0571. The normalized spacial score (nSPS) is 11.9. The van der Waals surface area contributed by atoms with Gasteiger partial charge in [0.05, 0.1) is 10.9 Å². The average molecular weight is 669 g/mol. The topological polar surface area (TPSA) is 87.3 Å². The molecule has 0 fully saturated rings. The summed E-state index contributed by atoms with van der Waals surface area (Å²) in [5, 5.41) is 9.64. The SMILES string of the molecule is CC(Sc1cccc(NC(=O)/C(=C\c2cccc3ccccc23)NC(=O)c2ccccc2)c1)C(=O)Nc1ccc(Br)cc1F. The van der Waals surface area contributed by atoms with Crippen LogP contribution in [0.5, 0.6) is 0 Å². The molecule has 3 amide bonds. The van der Waals surface area contributed by atoms with Gasteiger partial charge in [0.2, 0.25) is 5.91 Å². The zero-order valence-corrected chi connectivity index (χ0v) is 25.9. The first-order valence-corrected chi connectivity index (χ1v) is 15.3. The molecule has 0 saturated carbocycles. The van der Waals surface area contributed by atoms with Crippen molar-refractivity contribution in [2.24, 2.45) is 0 Å². The van der Waals surface area contributed by atoms with Crippen molar-refractivity contribution in [3.63, 3.8) is 0 Å². The Balaban J connectivity index is 1.35.